The Balaban J connectivity index is 1.95. The molecule has 8 heteroatoms. The van der Waals surface area contributed by atoms with Crippen molar-refractivity contribution >= 4 is 35.1 Å². The highest BCUT2D eigenvalue weighted by molar-refractivity contribution is 6.36. The molecule has 2 aliphatic heterocycles. The van der Waals surface area contributed by atoms with E-state index >= 15 is 0 Å². The number of piperidine rings is 1. The van der Waals surface area contributed by atoms with Crippen LogP contribution >= 0.6 is 23.2 Å². The van der Waals surface area contributed by atoms with Crippen LogP contribution in [0.2, 0.25) is 10.0 Å². The zero-order valence-electron chi connectivity index (χ0n) is 13.9. The third-order valence-corrected chi connectivity index (χ3v) is 5.56. The van der Waals surface area contributed by atoms with Gasteiger partial charge in [0.25, 0.3) is 5.91 Å². The van der Waals surface area contributed by atoms with Gasteiger partial charge < -0.3 is 14.7 Å². The van der Waals surface area contributed by atoms with Gasteiger partial charge in [0.1, 0.15) is 5.72 Å². The van der Waals surface area contributed by atoms with Gasteiger partial charge in [-0.15, -0.1) is 0 Å². The number of carbonyl (C=O) groups is 2. The lowest BCUT2D eigenvalue weighted by Gasteiger charge is -2.44. The van der Waals surface area contributed by atoms with Gasteiger partial charge in [0, 0.05) is 31.0 Å². The fourth-order valence-corrected chi connectivity index (χ4v) is 4.06. The summed E-state index contributed by atoms with van der Waals surface area (Å²) >= 11 is 12.1. The Bertz CT molecular complexity index is 689. The molecule has 6 nitrogen and oxygen atoms in total. The van der Waals surface area contributed by atoms with E-state index in [0.29, 0.717) is 17.9 Å². The normalized spacial score (nSPS) is 23.2. The third-order valence-electron chi connectivity index (χ3n) is 5.01. The molecule has 0 bridgehead atoms. The van der Waals surface area contributed by atoms with E-state index in [9.17, 15) is 14.7 Å². The molecule has 1 atom stereocenters. The summed E-state index contributed by atoms with van der Waals surface area (Å²) < 4.78 is 5.90. The van der Waals surface area contributed by atoms with Crippen molar-refractivity contribution in [3.8, 4) is 0 Å². The Morgan fingerprint density at radius 1 is 1.32 bits per heavy atom. The molecular weight excluding hydrogens is 367 g/mol. The average molecular weight is 387 g/mol. The largest absolute Gasteiger partial charge is 0.480 e. The fourth-order valence-electron chi connectivity index (χ4n) is 3.57. The van der Waals surface area contributed by atoms with Crippen LogP contribution in [0.25, 0.3) is 0 Å². The maximum Gasteiger partial charge on any atom is 0.328 e. The summed E-state index contributed by atoms with van der Waals surface area (Å²) in [6.45, 7) is 4.47. The molecule has 0 aliphatic carbocycles. The van der Waals surface area contributed by atoms with E-state index < -0.39 is 23.6 Å². The number of aliphatic carboxylic acids is 1. The number of amides is 1. The minimum Gasteiger partial charge on any atom is -0.480 e. The first-order chi connectivity index (χ1) is 11.9. The molecule has 3 rings (SSSR count). The lowest BCUT2D eigenvalue weighted by Crippen LogP contribution is -2.58. The molecule has 25 heavy (non-hydrogen) atoms. The van der Waals surface area contributed by atoms with E-state index in [1.165, 1.54) is 17.0 Å². The summed E-state index contributed by atoms with van der Waals surface area (Å²) in [4.78, 5) is 28.5. The molecule has 1 aromatic carbocycles. The van der Waals surface area contributed by atoms with Gasteiger partial charge in [-0.2, -0.15) is 0 Å². The van der Waals surface area contributed by atoms with Gasteiger partial charge in [-0.1, -0.05) is 30.1 Å². The molecule has 1 spiro atoms. The van der Waals surface area contributed by atoms with Gasteiger partial charge in [0.2, 0.25) is 0 Å². The number of nitrogens with zero attached hydrogens (tertiary/aromatic N) is 2. The minimum atomic E-state index is -1.08. The van der Waals surface area contributed by atoms with Crippen molar-refractivity contribution in [2.75, 3.05) is 26.2 Å². The van der Waals surface area contributed by atoms with Crippen molar-refractivity contribution in [1.29, 1.82) is 0 Å². The lowest BCUT2D eigenvalue weighted by molar-refractivity contribution is -0.143. The van der Waals surface area contributed by atoms with E-state index in [4.69, 9.17) is 27.9 Å². The molecule has 136 valence electrons. The number of carboxylic acids is 1. The van der Waals surface area contributed by atoms with Crippen LogP contribution in [-0.2, 0) is 9.53 Å². The zero-order valence-corrected chi connectivity index (χ0v) is 15.4. The molecule has 1 aromatic rings. The van der Waals surface area contributed by atoms with Crippen LogP contribution in [0.4, 0.5) is 0 Å². The van der Waals surface area contributed by atoms with Gasteiger partial charge in [-0.05, 0) is 24.7 Å². The molecule has 0 saturated carbocycles. The second kappa shape index (κ2) is 7.11. The summed E-state index contributed by atoms with van der Waals surface area (Å²) in [5, 5.41) is 10.2. The first-order valence-corrected chi connectivity index (χ1v) is 9.01. The SMILES string of the molecule is CCN1CCC2(CC1)OC[C@H](C(=O)O)N2C(=O)c1ccc(Cl)cc1Cl. The van der Waals surface area contributed by atoms with E-state index in [-0.39, 0.29) is 17.2 Å². The fraction of sp³-hybridized carbons (Fsp3) is 0.529. The maximum atomic E-state index is 13.2. The van der Waals surface area contributed by atoms with Crippen molar-refractivity contribution in [2.45, 2.75) is 31.5 Å². The molecule has 2 heterocycles. The Hall–Kier alpha value is -1.34. The van der Waals surface area contributed by atoms with E-state index in [2.05, 4.69) is 11.8 Å². The van der Waals surface area contributed by atoms with Gasteiger partial charge >= 0.3 is 5.97 Å². The molecular formula is C17H20Cl2N2O4. The molecule has 1 amide bonds. The topological polar surface area (TPSA) is 70.1 Å². The second-order valence-corrected chi connectivity index (χ2v) is 7.19. The molecule has 2 saturated heterocycles. The van der Waals surface area contributed by atoms with E-state index in [1.807, 2.05) is 0 Å². The highest BCUT2D eigenvalue weighted by Crippen LogP contribution is 2.39. The Morgan fingerprint density at radius 3 is 2.56 bits per heavy atom. The lowest BCUT2D eigenvalue weighted by atomic mass is 9.96. The number of carboxylic acid groups (broad SMARTS) is 1. The van der Waals surface area contributed by atoms with Crippen LogP contribution < -0.4 is 0 Å². The Labute approximate surface area is 156 Å². The summed E-state index contributed by atoms with van der Waals surface area (Å²) in [7, 11) is 0. The molecule has 0 unspecified atom stereocenters. The third kappa shape index (κ3) is 3.36. The van der Waals surface area contributed by atoms with Crippen molar-refractivity contribution in [1.82, 2.24) is 9.80 Å². The van der Waals surface area contributed by atoms with Crippen LogP contribution in [0, 0.1) is 0 Å². The van der Waals surface area contributed by atoms with Crippen molar-refractivity contribution in [3.05, 3.63) is 33.8 Å². The monoisotopic (exact) mass is 386 g/mol. The van der Waals surface area contributed by atoms with Gasteiger partial charge in [-0.3, -0.25) is 9.69 Å². The average Bonchev–Trinajstić information content (AvgIpc) is 2.94. The number of halogens is 2. The maximum absolute atomic E-state index is 13.2. The van der Waals surface area contributed by atoms with Crippen LogP contribution in [0.15, 0.2) is 18.2 Å². The first kappa shape index (κ1) is 18.5. The number of benzene rings is 1. The van der Waals surface area contributed by atoms with Gasteiger partial charge in [0.15, 0.2) is 6.04 Å². The smallest absolute Gasteiger partial charge is 0.328 e. The molecule has 2 fully saturated rings. The van der Waals surface area contributed by atoms with Crippen LogP contribution in [0.1, 0.15) is 30.1 Å². The Morgan fingerprint density at radius 2 is 2.00 bits per heavy atom. The molecule has 2 aliphatic rings. The minimum absolute atomic E-state index is 0.0155. The summed E-state index contributed by atoms with van der Waals surface area (Å²) in [6.07, 6.45) is 1.14. The van der Waals surface area contributed by atoms with Crippen molar-refractivity contribution < 1.29 is 19.4 Å². The number of likely N-dealkylation sites (tertiary alicyclic amines) is 1. The van der Waals surface area contributed by atoms with Gasteiger partial charge in [0.05, 0.1) is 17.2 Å². The number of rotatable bonds is 3. The summed E-state index contributed by atoms with van der Waals surface area (Å²) in [5.74, 6) is -1.51. The molecule has 0 radical (unpaired) electrons. The molecule has 0 aromatic heterocycles. The molecule has 1 N–H and O–H groups in total. The zero-order chi connectivity index (χ0) is 18.2. The van der Waals surface area contributed by atoms with E-state index in [1.54, 1.807) is 6.07 Å². The predicted molar refractivity (Wildman–Crippen MR) is 94.1 cm³/mol. The van der Waals surface area contributed by atoms with Crippen LogP contribution in [0.5, 0.6) is 0 Å². The van der Waals surface area contributed by atoms with Gasteiger partial charge in [-0.25, -0.2) is 4.79 Å². The quantitative estimate of drug-likeness (QED) is 0.864. The Kier molecular flexibility index (Phi) is 5.25. The number of hydrogen-bond acceptors (Lipinski definition) is 4. The highest BCUT2D eigenvalue weighted by atomic mass is 35.5. The van der Waals surface area contributed by atoms with E-state index in [0.717, 1.165) is 19.6 Å². The van der Waals surface area contributed by atoms with Crippen molar-refractivity contribution in [2.24, 2.45) is 0 Å². The number of hydrogen-bond donors (Lipinski definition) is 1. The van der Waals surface area contributed by atoms with Crippen molar-refractivity contribution in [3.63, 3.8) is 0 Å². The highest BCUT2D eigenvalue weighted by Gasteiger charge is 2.54. The van der Waals surface area contributed by atoms with Crippen LogP contribution in [-0.4, -0.2) is 64.8 Å². The number of carbonyl (C=O) groups excluding carboxylic acids is 1. The number of ether oxygens (including phenoxy) is 1. The van der Waals surface area contributed by atoms with Crippen LogP contribution in [0.3, 0.4) is 0 Å². The second-order valence-electron chi connectivity index (χ2n) is 6.34. The first-order valence-electron chi connectivity index (χ1n) is 8.26. The predicted octanol–water partition coefficient (Wildman–Crippen LogP) is 2.73. The standard InChI is InChI=1S/C17H20Cl2N2O4/c1-2-20-7-5-17(6-8-20)21(14(10-25-17)16(23)24)15(22)12-4-3-11(18)9-13(12)19/h3-4,9,14H,2,5-8,10H2,1H3,(H,23,24)/t14-/m1/s1. The summed E-state index contributed by atoms with van der Waals surface area (Å²) in [5.41, 5.74) is -0.658. The summed E-state index contributed by atoms with van der Waals surface area (Å²) in [6, 6.07) is 3.56.